The number of anilines is 2. The van der Waals surface area contributed by atoms with Crippen LogP contribution in [0.15, 0.2) is 60.8 Å². The SMILES string of the molecule is CCOc1cc(C(=O)NC(C)(C)CO)ccc1Nc1nc2ccc(-c3ccc(C(=O)NCC(C)C)cc3)cn2n1. The van der Waals surface area contributed by atoms with Crippen molar-refractivity contribution in [2.45, 2.75) is 40.2 Å². The van der Waals surface area contributed by atoms with Gasteiger partial charge in [0.2, 0.25) is 5.95 Å². The molecular weight excluding hydrogens is 508 g/mol. The van der Waals surface area contributed by atoms with Crippen LogP contribution in [0.25, 0.3) is 16.8 Å². The van der Waals surface area contributed by atoms with Gasteiger partial charge in [-0.2, -0.15) is 4.98 Å². The highest BCUT2D eigenvalue weighted by Crippen LogP contribution is 2.29. The van der Waals surface area contributed by atoms with Crippen LogP contribution < -0.4 is 20.7 Å². The van der Waals surface area contributed by atoms with E-state index in [1.165, 1.54) is 0 Å². The van der Waals surface area contributed by atoms with Crippen LogP contribution in [0, 0.1) is 5.92 Å². The standard InChI is InChI=1S/C30H36N6O4/c1-6-40-25-15-22(28(39)34-30(4,5)18-37)11-13-24(25)32-29-33-26-14-12-23(17-36(26)35-29)20-7-9-21(10-8-20)27(38)31-16-19(2)3/h7-15,17,19,37H,6,16,18H2,1-5H3,(H,31,38)(H,32,35)(H,34,39). The molecule has 0 radical (unpaired) electrons. The zero-order valence-electron chi connectivity index (χ0n) is 23.5. The molecule has 2 aromatic heterocycles. The summed E-state index contributed by atoms with van der Waals surface area (Å²) in [6, 6.07) is 16.3. The van der Waals surface area contributed by atoms with Gasteiger partial charge in [-0.05, 0) is 74.7 Å². The van der Waals surface area contributed by atoms with Crippen molar-refractivity contribution in [1.82, 2.24) is 25.2 Å². The van der Waals surface area contributed by atoms with E-state index in [0.29, 0.717) is 53.2 Å². The largest absolute Gasteiger partial charge is 0.492 e. The van der Waals surface area contributed by atoms with Crippen molar-refractivity contribution in [3.8, 4) is 16.9 Å². The van der Waals surface area contributed by atoms with E-state index in [-0.39, 0.29) is 18.4 Å². The zero-order chi connectivity index (χ0) is 28.9. The van der Waals surface area contributed by atoms with Crippen LogP contribution in [0.3, 0.4) is 0 Å². The molecule has 0 unspecified atom stereocenters. The average molecular weight is 545 g/mol. The summed E-state index contributed by atoms with van der Waals surface area (Å²) in [5, 5.41) is 22.9. The monoisotopic (exact) mass is 544 g/mol. The molecule has 0 saturated heterocycles. The van der Waals surface area contributed by atoms with Gasteiger partial charge in [-0.25, -0.2) is 4.52 Å². The average Bonchev–Trinajstić information content (AvgIpc) is 3.34. The number of hydrogen-bond donors (Lipinski definition) is 4. The van der Waals surface area contributed by atoms with Crippen molar-refractivity contribution in [1.29, 1.82) is 0 Å². The fourth-order valence-electron chi connectivity index (χ4n) is 3.90. The highest BCUT2D eigenvalue weighted by molar-refractivity contribution is 5.96. The summed E-state index contributed by atoms with van der Waals surface area (Å²) < 4.78 is 7.46. The predicted octanol–water partition coefficient (Wildman–Crippen LogP) is 4.43. The van der Waals surface area contributed by atoms with Gasteiger partial charge in [-0.3, -0.25) is 9.59 Å². The summed E-state index contributed by atoms with van der Waals surface area (Å²) in [6.45, 7) is 10.3. The number of rotatable bonds is 11. The number of fused-ring (bicyclic) bond motifs is 1. The van der Waals surface area contributed by atoms with E-state index in [1.807, 2.05) is 49.5 Å². The molecule has 10 heteroatoms. The molecular formula is C30H36N6O4. The molecule has 0 bridgehead atoms. The van der Waals surface area contributed by atoms with Gasteiger partial charge < -0.3 is 25.8 Å². The van der Waals surface area contributed by atoms with Gasteiger partial charge in [0.05, 0.1) is 24.4 Å². The molecule has 0 atom stereocenters. The Bertz CT molecular complexity index is 1490. The quantitative estimate of drug-likeness (QED) is 0.220. The van der Waals surface area contributed by atoms with Crippen molar-refractivity contribution in [3.05, 3.63) is 71.9 Å². The van der Waals surface area contributed by atoms with Crippen LogP contribution in [0.1, 0.15) is 55.3 Å². The molecule has 0 fully saturated rings. The Labute approximate surface area is 233 Å². The number of pyridine rings is 1. The lowest BCUT2D eigenvalue weighted by Gasteiger charge is -2.23. The van der Waals surface area contributed by atoms with Gasteiger partial charge in [0.15, 0.2) is 5.65 Å². The highest BCUT2D eigenvalue weighted by Gasteiger charge is 2.21. The number of aliphatic hydroxyl groups excluding tert-OH is 1. The molecule has 10 nitrogen and oxygen atoms in total. The molecule has 40 heavy (non-hydrogen) atoms. The molecule has 4 N–H and O–H groups in total. The molecule has 0 spiro atoms. The van der Waals surface area contributed by atoms with Crippen molar-refractivity contribution in [2.75, 3.05) is 25.1 Å². The van der Waals surface area contributed by atoms with E-state index >= 15 is 0 Å². The lowest BCUT2D eigenvalue weighted by atomic mass is 10.1. The molecule has 0 saturated carbocycles. The molecule has 0 aliphatic carbocycles. The summed E-state index contributed by atoms with van der Waals surface area (Å²) in [6.07, 6.45) is 1.88. The third-order valence-electron chi connectivity index (χ3n) is 6.12. The Kier molecular flexibility index (Phi) is 8.69. The summed E-state index contributed by atoms with van der Waals surface area (Å²) in [5.74, 6) is 0.840. The summed E-state index contributed by atoms with van der Waals surface area (Å²) >= 11 is 0. The maximum absolute atomic E-state index is 12.7. The zero-order valence-corrected chi connectivity index (χ0v) is 23.5. The maximum atomic E-state index is 12.7. The summed E-state index contributed by atoms with van der Waals surface area (Å²) in [7, 11) is 0. The van der Waals surface area contributed by atoms with Gasteiger partial charge in [0.1, 0.15) is 5.75 Å². The van der Waals surface area contributed by atoms with E-state index in [9.17, 15) is 14.7 Å². The van der Waals surface area contributed by atoms with E-state index < -0.39 is 5.54 Å². The second-order valence-electron chi connectivity index (χ2n) is 10.6. The van der Waals surface area contributed by atoms with E-state index in [4.69, 9.17) is 4.74 Å². The lowest BCUT2D eigenvalue weighted by molar-refractivity contribution is 0.0868. The number of benzene rings is 2. The minimum Gasteiger partial charge on any atom is -0.492 e. The fraction of sp³-hybridized carbons (Fsp3) is 0.333. The van der Waals surface area contributed by atoms with Crippen LogP contribution in [0.5, 0.6) is 5.75 Å². The van der Waals surface area contributed by atoms with Gasteiger partial charge in [0, 0.05) is 29.4 Å². The number of aromatic nitrogens is 3. The number of nitrogens with zero attached hydrogens (tertiary/aromatic N) is 3. The fourth-order valence-corrected chi connectivity index (χ4v) is 3.90. The molecule has 0 aliphatic heterocycles. The van der Waals surface area contributed by atoms with Gasteiger partial charge in [0.25, 0.3) is 11.8 Å². The Morgan fingerprint density at radius 1 is 1.00 bits per heavy atom. The minimum absolute atomic E-state index is 0.0863. The van der Waals surface area contributed by atoms with Gasteiger partial charge in [-0.15, -0.1) is 5.10 Å². The third-order valence-corrected chi connectivity index (χ3v) is 6.12. The number of aliphatic hydroxyl groups is 1. The minimum atomic E-state index is -0.747. The molecule has 0 aliphatic rings. The van der Waals surface area contributed by atoms with E-state index in [1.54, 1.807) is 36.6 Å². The summed E-state index contributed by atoms with van der Waals surface area (Å²) in [5.41, 5.74) is 3.41. The first kappa shape index (κ1) is 28.6. The van der Waals surface area contributed by atoms with Gasteiger partial charge in [-0.1, -0.05) is 26.0 Å². The summed E-state index contributed by atoms with van der Waals surface area (Å²) in [4.78, 5) is 29.6. The normalized spacial score (nSPS) is 11.5. The van der Waals surface area contributed by atoms with E-state index in [0.717, 1.165) is 11.1 Å². The van der Waals surface area contributed by atoms with Crippen LogP contribution in [0.4, 0.5) is 11.6 Å². The topological polar surface area (TPSA) is 130 Å². The Balaban J connectivity index is 1.52. The third kappa shape index (κ3) is 6.95. The van der Waals surface area contributed by atoms with Crippen LogP contribution in [-0.2, 0) is 0 Å². The second kappa shape index (κ2) is 12.2. The number of carbonyl (C=O) groups excluding carboxylic acids is 2. The maximum Gasteiger partial charge on any atom is 0.251 e. The van der Waals surface area contributed by atoms with Crippen LogP contribution in [0.2, 0.25) is 0 Å². The number of ether oxygens (including phenoxy) is 1. The van der Waals surface area contributed by atoms with Crippen molar-refractivity contribution in [3.63, 3.8) is 0 Å². The first-order chi connectivity index (χ1) is 19.1. The predicted molar refractivity (Wildman–Crippen MR) is 155 cm³/mol. The number of nitrogens with one attached hydrogen (secondary N) is 3. The highest BCUT2D eigenvalue weighted by atomic mass is 16.5. The molecule has 2 amide bonds. The van der Waals surface area contributed by atoms with Crippen LogP contribution >= 0.6 is 0 Å². The second-order valence-corrected chi connectivity index (χ2v) is 10.6. The molecule has 2 heterocycles. The number of hydrogen-bond acceptors (Lipinski definition) is 7. The molecule has 4 aromatic rings. The number of carbonyl (C=O) groups is 2. The Hall–Kier alpha value is -4.44. The van der Waals surface area contributed by atoms with Crippen molar-refractivity contribution < 1.29 is 19.4 Å². The van der Waals surface area contributed by atoms with Crippen molar-refractivity contribution >= 4 is 29.1 Å². The smallest absolute Gasteiger partial charge is 0.251 e. The first-order valence-corrected chi connectivity index (χ1v) is 13.3. The Morgan fingerprint density at radius 3 is 2.38 bits per heavy atom. The van der Waals surface area contributed by atoms with Crippen molar-refractivity contribution in [2.24, 2.45) is 5.92 Å². The Morgan fingerprint density at radius 2 is 1.70 bits per heavy atom. The van der Waals surface area contributed by atoms with E-state index in [2.05, 4.69) is 39.9 Å². The first-order valence-electron chi connectivity index (χ1n) is 13.3. The van der Waals surface area contributed by atoms with Crippen LogP contribution in [-0.4, -0.2) is 56.8 Å². The molecule has 2 aromatic carbocycles. The number of amides is 2. The molecule has 210 valence electrons. The lowest BCUT2D eigenvalue weighted by Crippen LogP contribution is -2.46. The van der Waals surface area contributed by atoms with Gasteiger partial charge >= 0.3 is 0 Å². The molecule has 4 rings (SSSR count).